The van der Waals surface area contributed by atoms with Crippen LogP contribution >= 0.6 is 11.6 Å². The third kappa shape index (κ3) is 4.78. The van der Waals surface area contributed by atoms with Crippen molar-refractivity contribution >= 4 is 29.2 Å². The second-order valence-corrected chi connectivity index (χ2v) is 6.47. The SMILES string of the molecule is COc1cc(CNc2ncnc(N(C)c3cccc(Cl)c3)n2)cc(OC)c1OC. The molecule has 9 heteroatoms. The van der Waals surface area contributed by atoms with Crippen molar-refractivity contribution in [3.05, 3.63) is 53.3 Å². The molecule has 29 heavy (non-hydrogen) atoms. The van der Waals surface area contributed by atoms with Crippen LogP contribution in [0, 0.1) is 0 Å². The molecule has 0 spiro atoms. The van der Waals surface area contributed by atoms with Crippen LogP contribution in [-0.2, 0) is 6.54 Å². The Kier molecular flexibility index (Phi) is 6.56. The summed E-state index contributed by atoms with van der Waals surface area (Å²) in [4.78, 5) is 14.7. The van der Waals surface area contributed by atoms with E-state index >= 15 is 0 Å². The van der Waals surface area contributed by atoms with E-state index in [4.69, 9.17) is 25.8 Å². The molecule has 0 aliphatic rings. The third-order valence-electron chi connectivity index (χ3n) is 4.23. The van der Waals surface area contributed by atoms with Crippen molar-refractivity contribution in [1.29, 1.82) is 0 Å². The maximum absolute atomic E-state index is 6.07. The number of aromatic nitrogens is 3. The minimum absolute atomic E-state index is 0.442. The summed E-state index contributed by atoms with van der Waals surface area (Å²) in [6.45, 7) is 0.459. The standard InChI is InChI=1S/C20H22ClN5O3/c1-26(15-7-5-6-14(21)10-15)20-24-12-23-19(25-20)22-11-13-8-16(27-2)18(29-4)17(9-13)28-3/h5-10,12H,11H2,1-4H3,(H,22,23,24,25). The van der Waals surface area contributed by atoms with Crippen LogP contribution in [0.5, 0.6) is 17.2 Å². The average molecular weight is 416 g/mol. The fraction of sp³-hybridized carbons (Fsp3) is 0.250. The van der Waals surface area contributed by atoms with Crippen molar-refractivity contribution in [2.45, 2.75) is 6.54 Å². The number of methoxy groups -OCH3 is 3. The number of hydrogen-bond donors (Lipinski definition) is 1. The Morgan fingerprint density at radius 2 is 1.72 bits per heavy atom. The molecular formula is C20H22ClN5O3. The predicted octanol–water partition coefficient (Wildman–Crippen LogP) is 3.93. The zero-order valence-corrected chi connectivity index (χ0v) is 17.4. The molecule has 0 atom stereocenters. The topological polar surface area (TPSA) is 81.6 Å². The van der Waals surface area contributed by atoms with Gasteiger partial charge in [-0.3, -0.25) is 0 Å². The number of ether oxygens (including phenoxy) is 3. The van der Waals surface area contributed by atoms with Gasteiger partial charge in [-0.05, 0) is 35.9 Å². The lowest BCUT2D eigenvalue weighted by molar-refractivity contribution is 0.324. The summed E-state index contributed by atoms with van der Waals surface area (Å²) in [5.74, 6) is 2.65. The molecule has 0 aliphatic heterocycles. The first-order valence-corrected chi connectivity index (χ1v) is 9.14. The van der Waals surface area contributed by atoms with Crippen molar-refractivity contribution in [3.63, 3.8) is 0 Å². The molecule has 1 heterocycles. The Hall–Kier alpha value is -3.26. The molecule has 0 fully saturated rings. The molecule has 1 N–H and O–H groups in total. The molecule has 0 unspecified atom stereocenters. The van der Waals surface area contributed by atoms with Gasteiger partial charge in [0, 0.05) is 24.3 Å². The van der Waals surface area contributed by atoms with E-state index in [0.29, 0.717) is 40.7 Å². The number of nitrogens with zero attached hydrogens (tertiary/aromatic N) is 4. The lowest BCUT2D eigenvalue weighted by Gasteiger charge is -2.18. The third-order valence-corrected chi connectivity index (χ3v) is 4.46. The first-order valence-electron chi connectivity index (χ1n) is 8.76. The fourth-order valence-electron chi connectivity index (χ4n) is 2.75. The maximum atomic E-state index is 6.07. The average Bonchev–Trinajstić information content (AvgIpc) is 2.76. The minimum atomic E-state index is 0.442. The highest BCUT2D eigenvalue weighted by Crippen LogP contribution is 2.38. The Morgan fingerprint density at radius 3 is 2.34 bits per heavy atom. The zero-order chi connectivity index (χ0) is 20.8. The van der Waals surface area contributed by atoms with Gasteiger partial charge in [0.25, 0.3) is 0 Å². The van der Waals surface area contributed by atoms with E-state index in [2.05, 4.69) is 20.3 Å². The van der Waals surface area contributed by atoms with Gasteiger partial charge in [0.2, 0.25) is 17.6 Å². The summed E-state index contributed by atoms with van der Waals surface area (Å²) >= 11 is 6.07. The fourth-order valence-corrected chi connectivity index (χ4v) is 2.94. The summed E-state index contributed by atoms with van der Waals surface area (Å²) in [6.07, 6.45) is 1.46. The van der Waals surface area contributed by atoms with E-state index in [9.17, 15) is 0 Å². The van der Waals surface area contributed by atoms with Gasteiger partial charge in [0.1, 0.15) is 6.33 Å². The molecule has 3 rings (SSSR count). The second-order valence-electron chi connectivity index (χ2n) is 6.04. The maximum Gasteiger partial charge on any atom is 0.234 e. The smallest absolute Gasteiger partial charge is 0.234 e. The van der Waals surface area contributed by atoms with Crippen molar-refractivity contribution in [2.24, 2.45) is 0 Å². The molecule has 0 radical (unpaired) electrons. The minimum Gasteiger partial charge on any atom is -0.493 e. The highest BCUT2D eigenvalue weighted by Gasteiger charge is 2.14. The largest absolute Gasteiger partial charge is 0.493 e. The lowest BCUT2D eigenvalue weighted by Crippen LogP contribution is -2.15. The second kappa shape index (κ2) is 9.29. The van der Waals surface area contributed by atoms with E-state index < -0.39 is 0 Å². The van der Waals surface area contributed by atoms with Gasteiger partial charge < -0.3 is 24.4 Å². The van der Waals surface area contributed by atoms with Crippen molar-refractivity contribution in [3.8, 4) is 17.2 Å². The number of halogens is 1. The van der Waals surface area contributed by atoms with Crippen molar-refractivity contribution < 1.29 is 14.2 Å². The van der Waals surface area contributed by atoms with Gasteiger partial charge in [-0.25, -0.2) is 9.97 Å². The molecular weight excluding hydrogens is 394 g/mol. The van der Waals surface area contributed by atoms with Crippen LogP contribution in [0.15, 0.2) is 42.7 Å². The van der Waals surface area contributed by atoms with E-state index in [1.54, 1.807) is 21.3 Å². The van der Waals surface area contributed by atoms with E-state index in [0.717, 1.165) is 11.3 Å². The van der Waals surface area contributed by atoms with Crippen LogP contribution in [0.3, 0.4) is 0 Å². The first kappa shape index (κ1) is 20.5. The Labute approximate surface area is 174 Å². The molecule has 0 aliphatic carbocycles. The molecule has 0 amide bonds. The van der Waals surface area contributed by atoms with Gasteiger partial charge in [-0.1, -0.05) is 17.7 Å². The van der Waals surface area contributed by atoms with Crippen LogP contribution in [0.25, 0.3) is 0 Å². The van der Waals surface area contributed by atoms with Gasteiger partial charge >= 0.3 is 0 Å². The molecule has 0 saturated heterocycles. The predicted molar refractivity (Wildman–Crippen MR) is 113 cm³/mol. The molecule has 3 aromatic rings. The monoisotopic (exact) mass is 415 g/mol. The lowest BCUT2D eigenvalue weighted by atomic mass is 10.2. The Morgan fingerprint density at radius 1 is 1.00 bits per heavy atom. The number of rotatable bonds is 8. The number of nitrogens with one attached hydrogen (secondary N) is 1. The van der Waals surface area contributed by atoms with Crippen LogP contribution in [0.2, 0.25) is 5.02 Å². The Bertz CT molecular complexity index is 961. The number of anilines is 3. The number of benzene rings is 2. The van der Waals surface area contributed by atoms with E-state index in [1.165, 1.54) is 6.33 Å². The highest BCUT2D eigenvalue weighted by molar-refractivity contribution is 6.30. The molecule has 8 nitrogen and oxygen atoms in total. The summed E-state index contributed by atoms with van der Waals surface area (Å²) in [5.41, 5.74) is 1.80. The van der Waals surface area contributed by atoms with Gasteiger partial charge in [-0.15, -0.1) is 0 Å². The van der Waals surface area contributed by atoms with Crippen LogP contribution < -0.4 is 24.4 Å². The summed E-state index contributed by atoms with van der Waals surface area (Å²) in [7, 11) is 6.60. The molecule has 2 aromatic carbocycles. The quantitative estimate of drug-likeness (QED) is 0.592. The summed E-state index contributed by atoms with van der Waals surface area (Å²) < 4.78 is 16.1. The van der Waals surface area contributed by atoms with Crippen LogP contribution in [0.1, 0.15) is 5.56 Å². The van der Waals surface area contributed by atoms with Gasteiger partial charge in [0.05, 0.1) is 21.3 Å². The summed E-state index contributed by atoms with van der Waals surface area (Å²) in [6, 6.07) is 11.2. The van der Waals surface area contributed by atoms with Crippen LogP contribution in [0.4, 0.5) is 17.6 Å². The van der Waals surface area contributed by atoms with Gasteiger partial charge in [-0.2, -0.15) is 4.98 Å². The van der Waals surface area contributed by atoms with Crippen molar-refractivity contribution in [1.82, 2.24) is 15.0 Å². The van der Waals surface area contributed by atoms with Gasteiger partial charge in [0.15, 0.2) is 11.5 Å². The van der Waals surface area contributed by atoms with Crippen LogP contribution in [-0.4, -0.2) is 43.3 Å². The molecule has 0 saturated carbocycles. The van der Waals surface area contributed by atoms with E-state index in [1.807, 2.05) is 48.3 Å². The highest BCUT2D eigenvalue weighted by atomic mass is 35.5. The molecule has 0 bridgehead atoms. The normalized spacial score (nSPS) is 10.4. The zero-order valence-electron chi connectivity index (χ0n) is 16.6. The first-order chi connectivity index (χ1) is 14.0. The molecule has 1 aromatic heterocycles. The van der Waals surface area contributed by atoms with Crippen molar-refractivity contribution in [2.75, 3.05) is 38.6 Å². The summed E-state index contributed by atoms with van der Waals surface area (Å²) in [5, 5.41) is 3.84. The molecule has 152 valence electrons. The Balaban J connectivity index is 1.77. The van der Waals surface area contributed by atoms with E-state index in [-0.39, 0.29) is 0 Å². The number of hydrogen-bond acceptors (Lipinski definition) is 8.